The lowest BCUT2D eigenvalue weighted by Gasteiger charge is -2.31. The van der Waals surface area contributed by atoms with Gasteiger partial charge in [0.1, 0.15) is 6.04 Å². The third-order valence-corrected chi connectivity index (χ3v) is 6.63. The Morgan fingerprint density at radius 2 is 1.74 bits per heavy atom. The number of nitrogens with one attached hydrogen (secondary N) is 1. The fourth-order valence-corrected chi connectivity index (χ4v) is 4.59. The molecule has 0 spiro atoms. The number of methoxy groups -OCH3 is 2. The van der Waals surface area contributed by atoms with Crippen LogP contribution in [-0.4, -0.2) is 43.0 Å². The van der Waals surface area contributed by atoms with E-state index in [4.69, 9.17) is 9.47 Å². The van der Waals surface area contributed by atoms with Gasteiger partial charge in [-0.25, -0.2) is 0 Å². The van der Waals surface area contributed by atoms with Crippen LogP contribution in [0.5, 0.6) is 11.5 Å². The van der Waals surface area contributed by atoms with Crippen LogP contribution in [0.3, 0.4) is 0 Å². The molecule has 184 valence electrons. The van der Waals surface area contributed by atoms with Crippen molar-refractivity contribution in [1.82, 2.24) is 10.2 Å². The number of hydrogen-bond donors (Lipinski definition) is 1. The van der Waals surface area contributed by atoms with Gasteiger partial charge in [-0.15, -0.1) is 0 Å². The summed E-state index contributed by atoms with van der Waals surface area (Å²) >= 11 is 0. The topological polar surface area (TPSA) is 67.9 Å². The monoisotopic (exact) mass is 466 g/mol. The molecule has 0 aromatic heterocycles. The third kappa shape index (κ3) is 6.99. The second-order valence-electron chi connectivity index (χ2n) is 9.22. The minimum Gasteiger partial charge on any atom is -0.493 e. The molecule has 3 rings (SSSR count). The zero-order chi connectivity index (χ0) is 24.5. The summed E-state index contributed by atoms with van der Waals surface area (Å²) in [5.41, 5.74) is 3.15. The van der Waals surface area contributed by atoms with Crippen molar-refractivity contribution in [2.45, 2.75) is 77.4 Å². The number of carbonyl (C=O) groups excluding carboxylic acids is 2. The first-order valence-corrected chi connectivity index (χ1v) is 12.3. The van der Waals surface area contributed by atoms with Crippen molar-refractivity contribution in [2.24, 2.45) is 0 Å². The molecular formula is C28H38N2O4. The average molecular weight is 467 g/mol. The highest BCUT2D eigenvalue weighted by Crippen LogP contribution is 2.28. The first-order chi connectivity index (χ1) is 16.4. The third-order valence-electron chi connectivity index (χ3n) is 6.63. The number of rotatable bonds is 10. The van der Waals surface area contributed by atoms with Gasteiger partial charge in [-0.05, 0) is 56.4 Å². The second kappa shape index (κ2) is 12.4. The van der Waals surface area contributed by atoms with Crippen LogP contribution in [0.1, 0.15) is 62.1 Å². The number of benzene rings is 2. The van der Waals surface area contributed by atoms with Crippen LogP contribution in [0, 0.1) is 6.92 Å². The zero-order valence-corrected chi connectivity index (χ0v) is 20.9. The van der Waals surface area contributed by atoms with Crippen molar-refractivity contribution >= 4 is 11.8 Å². The Labute approximate surface area is 203 Å². The van der Waals surface area contributed by atoms with Crippen LogP contribution in [0.4, 0.5) is 0 Å². The fraction of sp³-hybridized carbons (Fsp3) is 0.500. The first-order valence-electron chi connectivity index (χ1n) is 12.3. The van der Waals surface area contributed by atoms with E-state index in [2.05, 4.69) is 11.4 Å². The first kappa shape index (κ1) is 25.6. The summed E-state index contributed by atoms with van der Waals surface area (Å²) in [6.07, 6.45) is 6.43. The van der Waals surface area contributed by atoms with Gasteiger partial charge in [0.2, 0.25) is 11.8 Å². The molecule has 0 unspecified atom stereocenters. The summed E-state index contributed by atoms with van der Waals surface area (Å²) < 4.78 is 10.7. The van der Waals surface area contributed by atoms with Crippen LogP contribution in [0.2, 0.25) is 0 Å². The van der Waals surface area contributed by atoms with Crippen molar-refractivity contribution < 1.29 is 19.1 Å². The van der Waals surface area contributed by atoms with Crippen molar-refractivity contribution in [3.63, 3.8) is 0 Å². The molecule has 2 amide bonds. The number of hydrogen-bond acceptors (Lipinski definition) is 4. The lowest BCUT2D eigenvalue weighted by molar-refractivity contribution is -0.141. The van der Waals surface area contributed by atoms with E-state index < -0.39 is 6.04 Å². The van der Waals surface area contributed by atoms with Crippen LogP contribution in [-0.2, 0) is 22.6 Å². The largest absolute Gasteiger partial charge is 0.493 e. The SMILES string of the molecule is COc1ccc(CCC(=O)N(Cc2cccc(C)c2)[C@@H](C)C(=O)NC2CCCCC2)cc1OC. The lowest BCUT2D eigenvalue weighted by Crippen LogP contribution is -2.50. The van der Waals surface area contributed by atoms with E-state index in [0.717, 1.165) is 42.4 Å². The molecule has 1 N–H and O–H groups in total. The summed E-state index contributed by atoms with van der Waals surface area (Å²) in [6.45, 7) is 4.28. The zero-order valence-electron chi connectivity index (χ0n) is 20.9. The Balaban J connectivity index is 1.72. The van der Waals surface area contributed by atoms with Crippen LogP contribution < -0.4 is 14.8 Å². The van der Waals surface area contributed by atoms with E-state index in [1.54, 1.807) is 19.1 Å². The molecule has 0 radical (unpaired) electrons. The normalized spacial score (nSPS) is 14.8. The van der Waals surface area contributed by atoms with Gasteiger partial charge in [-0.3, -0.25) is 9.59 Å². The Bertz CT molecular complexity index is 969. The molecule has 0 aliphatic heterocycles. The number of ether oxygens (including phenoxy) is 2. The molecular weight excluding hydrogens is 428 g/mol. The van der Waals surface area contributed by atoms with Gasteiger partial charge in [-0.1, -0.05) is 55.2 Å². The molecule has 1 saturated carbocycles. The van der Waals surface area contributed by atoms with Gasteiger partial charge >= 0.3 is 0 Å². The van der Waals surface area contributed by atoms with Crippen molar-refractivity contribution in [1.29, 1.82) is 0 Å². The van der Waals surface area contributed by atoms with E-state index in [1.165, 1.54) is 6.42 Å². The maximum absolute atomic E-state index is 13.4. The lowest BCUT2D eigenvalue weighted by atomic mass is 9.95. The second-order valence-corrected chi connectivity index (χ2v) is 9.22. The highest BCUT2D eigenvalue weighted by Gasteiger charge is 2.28. The average Bonchev–Trinajstić information content (AvgIpc) is 2.85. The van der Waals surface area contributed by atoms with E-state index in [1.807, 2.05) is 50.2 Å². The van der Waals surface area contributed by atoms with Gasteiger partial charge in [0.15, 0.2) is 11.5 Å². The highest BCUT2D eigenvalue weighted by atomic mass is 16.5. The molecule has 6 heteroatoms. The van der Waals surface area contributed by atoms with Crippen molar-refractivity contribution in [3.05, 3.63) is 59.2 Å². The van der Waals surface area contributed by atoms with E-state index in [-0.39, 0.29) is 17.9 Å². The standard InChI is InChI=1S/C28H38N2O4/c1-20-9-8-10-23(17-20)19-30(21(2)28(32)29-24-11-6-5-7-12-24)27(31)16-14-22-13-15-25(33-3)26(18-22)34-4/h8-10,13,15,17-18,21,24H,5-7,11-12,14,16,19H2,1-4H3,(H,29,32)/t21-/m0/s1. The van der Waals surface area contributed by atoms with Gasteiger partial charge in [0.25, 0.3) is 0 Å². The summed E-state index contributed by atoms with van der Waals surface area (Å²) in [5, 5.41) is 3.19. The Hall–Kier alpha value is -3.02. The fourth-order valence-electron chi connectivity index (χ4n) is 4.59. The molecule has 0 bridgehead atoms. The summed E-state index contributed by atoms with van der Waals surface area (Å²) in [5.74, 6) is 1.19. The van der Waals surface area contributed by atoms with E-state index in [9.17, 15) is 9.59 Å². The quantitative estimate of drug-likeness (QED) is 0.546. The summed E-state index contributed by atoms with van der Waals surface area (Å²) in [4.78, 5) is 28.2. The van der Waals surface area contributed by atoms with Crippen molar-refractivity contribution in [2.75, 3.05) is 14.2 Å². The molecule has 6 nitrogen and oxygen atoms in total. The highest BCUT2D eigenvalue weighted by molar-refractivity contribution is 5.87. The minimum atomic E-state index is -0.541. The Morgan fingerprint density at radius 1 is 1.00 bits per heavy atom. The van der Waals surface area contributed by atoms with E-state index >= 15 is 0 Å². The molecule has 0 saturated heterocycles. The van der Waals surface area contributed by atoms with E-state index in [0.29, 0.717) is 30.9 Å². The number of nitrogens with zero attached hydrogens (tertiary/aromatic N) is 1. The van der Waals surface area contributed by atoms with Gasteiger partial charge in [0.05, 0.1) is 14.2 Å². The summed E-state index contributed by atoms with van der Waals surface area (Å²) in [6, 6.07) is 13.5. The maximum Gasteiger partial charge on any atom is 0.242 e. The molecule has 0 heterocycles. The molecule has 34 heavy (non-hydrogen) atoms. The van der Waals surface area contributed by atoms with Gasteiger partial charge < -0.3 is 19.7 Å². The molecule has 1 aliphatic carbocycles. The minimum absolute atomic E-state index is 0.0393. The Morgan fingerprint density at radius 3 is 2.41 bits per heavy atom. The Kier molecular flexibility index (Phi) is 9.37. The van der Waals surface area contributed by atoms with Crippen molar-refractivity contribution in [3.8, 4) is 11.5 Å². The molecule has 1 fully saturated rings. The smallest absolute Gasteiger partial charge is 0.242 e. The molecule has 2 aromatic carbocycles. The van der Waals surface area contributed by atoms with Gasteiger partial charge in [0, 0.05) is 19.0 Å². The number of amides is 2. The molecule has 1 atom stereocenters. The van der Waals surface area contributed by atoms with Gasteiger partial charge in [-0.2, -0.15) is 0 Å². The van der Waals surface area contributed by atoms with Crippen LogP contribution >= 0.6 is 0 Å². The molecule has 2 aromatic rings. The predicted molar refractivity (Wildman–Crippen MR) is 134 cm³/mol. The van der Waals surface area contributed by atoms with Crippen LogP contribution in [0.25, 0.3) is 0 Å². The number of aryl methyl sites for hydroxylation is 2. The number of carbonyl (C=O) groups is 2. The molecule has 1 aliphatic rings. The maximum atomic E-state index is 13.4. The summed E-state index contributed by atoms with van der Waals surface area (Å²) in [7, 11) is 3.20. The van der Waals surface area contributed by atoms with Crippen LogP contribution in [0.15, 0.2) is 42.5 Å². The predicted octanol–water partition coefficient (Wildman–Crippen LogP) is 4.81.